The molecule has 0 aromatic heterocycles. The molecule has 1 unspecified atom stereocenters. The molecule has 0 fully saturated rings. The monoisotopic (exact) mass is 345 g/mol. The van der Waals surface area contributed by atoms with Crippen LogP contribution >= 0.6 is 0 Å². The zero-order valence-electron chi connectivity index (χ0n) is 14.9. The molecule has 0 bridgehead atoms. The van der Waals surface area contributed by atoms with Gasteiger partial charge in [-0.3, -0.25) is 0 Å². The molecule has 1 N–H and O–H groups in total. The van der Waals surface area contributed by atoms with Gasteiger partial charge in [0, 0.05) is 6.04 Å². The summed E-state index contributed by atoms with van der Waals surface area (Å²) in [5.41, 5.74) is 3.38. The SMILES string of the molecule is CCCc1ccc(C(C)NS(=O)(=O)c2ccc(C(C)C)cc2)cc1. The maximum atomic E-state index is 12.6. The second-order valence-electron chi connectivity index (χ2n) is 6.56. The van der Waals surface area contributed by atoms with Crippen LogP contribution in [0.25, 0.3) is 0 Å². The standard InChI is InChI=1S/C20H27NO2S/c1-5-6-17-7-9-19(10-8-17)16(4)21-24(22,23)20-13-11-18(12-14-20)15(2)3/h7-16,21H,5-6H2,1-4H3. The van der Waals surface area contributed by atoms with Gasteiger partial charge in [-0.15, -0.1) is 0 Å². The number of sulfonamides is 1. The highest BCUT2D eigenvalue weighted by Crippen LogP contribution is 2.20. The Morgan fingerprint density at radius 2 is 1.42 bits per heavy atom. The van der Waals surface area contributed by atoms with Crippen LogP contribution in [0.3, 0.4) is 0 Å². The van der Waals surface area contributed by atoms with E-state index in [-0.39, 0.29) is 6.04 Å². The van der Waals surface area contributed by atoms with Gasteiger partial charge in [-0.1, -0.05) is 63.6 Å². The van der Waals surface area contributed by atoms with Crippen LogP contribution < -0.4 is 4.72 Å². The minimum atomic E-state index is -3.52. The van der Waals surface area contributed by atoms with Crippen molar-refractivity contribution in [3.8, 4) is 0 Å². The fourth-order valence-corrected chi connectivity index (χ4v) is 3.89. The Labute approximate surface area is 146 Å². The van der Waals surface area contributed by atoms with Gasteiger partial charge in [0.15, 0.2) is 0 Å². The predicted molar refractivity (Wildman–Crippen MR) is 99.7 cm³/mol. The summed E-state index contributed by atoms with van der Waals surface area (Å²) in [6.07, 6.45) is 2.15. The highest BCUT2D eigenvalue weighted by Gasteiger charge is 2.18. The first kappa shape index (κ1) is 18.7. The third-order valence-electron chi connectivity index (χ3n) is 4.21. The second kappa shape index (κ2) is 7.95. The molecule has 0 aliphatic rings. The van der Waals surface area contributed by atoms with Crippen molar-refractivity contribution in [3.05, 3.63) is 65.2 Å². The van der Waals surface area contributed by atoms with E-state index in [1.54, 1.807) is 12.1 Å². The van der Waals surface area contributed by atoms with E-state index in [4.69, 9.17) is 0 Å². The van der Waals surface area contributed by atoms with Crippen molar-refractivity contribution >= 4 is 10.0 Å². The molecule has 2 aromatic rings. The van der Waals surface area contributed by atoms with Crippen molar-refractivity contribution in [2.24, 2.45) is 0 Å². The van der Waals surface area contributed by atoms with Crippen LogP contribution in [0.1, 0.15) is 62.8 Å². The first-order chi connectivity index (χ1) is 11.3. The second-order valence-corrected chi connectivity index (χ2v) is 8.27. The fraction of sp³-hybridized carbons (Fsp3) is 0.400. The van der Waals surface area contributed by atoms with E-state index in [0.717, 1.165) is 24.0 Å². The van der Waals surface area contributed by atoms with E-state index in [1.165, 1.54) is 5.56 Å². The number of benzene rings is 2. The lowest BCUT2D eigenvalue weighted by molar-refractivity contribution is 0.567. The van der Waals surface area contributed by atoms with Crippen LogP contribution in [0, 0.1) is 0 Å². The lowest BCUT2D eigenvalue weighted by atomic mass is 10.0. The molecule has 2 aromatic carbocycles. The molecule has 0 heterocycles. The third-order valence-corrected chi connectivity index (χ3v) is 5.76. The van der Waals surface area contributed by atoms with Crippen LogP contribution in [0.2, 0.25) is 0 Å². The van der Waals surface area contributed by atoms with Crippen molar-refractivity contribution in [2.45, 2.75) is 57.4 Å². The quantitative estimate of drug-likeness (QED) is 0.783. The molecule has 1 atom stereocenters. The molecule has 0 radical (unpaired) electrons. The Kier molecular flexibility index (Phi) is 6.19. The van der Waals surface area contributed by atoms with Crippen LogP contribution in [-0.4, -0.2) is 8.42 Å². The average molecular weight is 346 g/mol. The molecule has 24 heavy (non-hydrogen) atoms. The normalized spacial score (nSPS) is 13.2. The van der Waals surface area contributed by atoms with Gasteiger partial charge in [0.2, 0.25) is 10.0 Å². The number of hydrogen-bond donors (Lipinski definition) is 1. The van der Waals surface area contributed by atoms with Crippen molar-refractivity contribution in [1.29, 1.82) is 0 Å². The fourth-order valence-electron chi connectivity index (χ4n) is 2.66. The van der Waals surface area contributed by atoms with Gasteiger partial charge >= 0.3 is 0 Å². The predicted octanol–water partition coefficient (Wildman–Crippen LogP) is 4.80. The topological polar surface area (TPSA) is 46.2 Å². The van der Waals surface area contributed by atoms with Crippen LogP contribution in [0.5, 0.6) is 0 Å². The molecule has 0 saturated carbocycles. The molecule has 130 valence electrons. The molecular weight excluding hydrogens is 318 g/mol. The largest absolute Gasteiger partial charge is 0.241 e. The van der Waals surface area contributed by atoms with Crippen molar-refractivity contribution in [2.75, 3.05) is 0 Å². The van der Waals surface area contributed by atoms with Gasteiger partial charge in [-0.05, 0) is 48.1 Å². The minimum absolute atomic E-state index is 0.268. The summed E-state index contributed by atoms with van der Waals surface area (Å²) in [7, 11) is -3.52. The van der Waals surface area contributed by atoms with Crippen LogP contribution in [-0.2, 0) is 16.4 Å². The zero-order valence-corrected chi connectivity index (χ0v) is 15.7. The minimum Gasteiger partial charge on any atom is -0.207 e. The van der Waals surface area contributed by atoms with Crippen molar-refractivity contribution in [3.63, 3.8) is 0 Å². The summed E-state index contributed by atoms with van der Waals surface area (Å²) < 4.78 is 27.9. The molecule has 3 nitrogen and oxygen atoms in total. The van der Waals surface area contributed by atoms with Gasteiger partial charge in [0.05, 0.1) is 4.90 Å². The number of hydrogen-bond acceptors (Lipinski definition) is 2. The maximum absolute atomic E-state index is 12.6. The third kappa shape index (κ3) is 4.68. The molecule has 2 rings (SSSR count). The number of rotatable bonds is 7. The molecule has 4 heteroatoms. The van der Waals surface area contributed by atoms with Gasteiger partial charge in [-0.2, -0.15) is 0 Å². The van der Waals surface area contributed by atoms with E-state index < -0.39 is 10.0 Å². The Hall–Kier alpha value is -1.65. The first-order valence-electron chi connectivity index (χ1n) is 8.54. The van der Waals surface area contributed by atoms with Gasteiger partial charge in [-0.25, -0.2) is 13.1 Å². The summed E-state index contributed by atoms with van der Waals surface area (Å²) >= 11 is 0. The summed E-state index contributed by atoms with van der Waals surface area (Å²) in [5, 5.41) is 0. The summed E-state index contributed by atoms with van der Waals surface area (Å²) in [5.74, 6) is 0.385. The smallest absolute Gasteiger partial charge is 0.207 e. The van der Waals surface area contributed by atoms with E-state index in [1.807, 2.05) is 31.2 Å². The van der Waals surface area contributed by atoms with E-state index in [9.17, 15) is 8.42 Å². The van der Waals surface area contributed by atoms with Crippen LogP contribution in [0.15, 0.2) is 53.4 Å². The molecule has 0 saturated heterocycles. The van der Waals surface area contributed by atoms with Crippen molar-refractivity contribution in [1.82, 2.24) is 4.72 Å². The van der Waals surface area contributed by atoms with Gasteiger partial charge < -0.3 is 0 Å². The Balaban J connectivity index is 2.12. The van der Waals surface area contributed by atoms with E-state index >= 15 is 0 Å². The van der Waals surface area contributed by atoms with Crippen molar-refractivity contribution < 1.29 is 8.42 Å². The first-order valence-corrected chi connectivity index (χ1v) is 10.0. The lowest BCUT2D eigenvalue weighted by Gasteiger charge is -2.16. The molecule has 0 aliphatic carbocycles. The molecule has 0 spiro atoms. The van der Waals surface area contributed by atoms with Gasteiger partial charge in [0.25, 0.3) is 0 Å². The maximum Gasteiger partial charge on any atom is 0.241 e. The lowest BCUT2D eigenvalue weighted by Crippen LogP contribution is -2.26. The highest BCUT2D eigenvalue weighted by molar-refractivity contribution is 7.89. The Morgan fingerprint density at radius 1 is 0.875 bits per heavy atom. The van der Waals surface area contributed by atoms with E-state index in [2.05, 4.69) is 37.6 Å². The molecule has 0 aliphatic heterocycles. The summed E-state index contributed by atoms with van der Waals surface area (Å²) in [6, 6.07) is 15.0. The Morgan fingerprint density at radius 3 is 1.92 bits per heavy atom. The number of aryl methyl sites for hydroxylation is 1. The number of nitrogens with one attached hydrogen (secondary N) is 1. The van der Waals surface area contributed by atoms with Crippen LogP contribution in [0.4, 0.5) is 0 Å². The molecular formula is C20H27NO2S. The summed E-state index contributed by atoms with van der Waals surface area (Å²) in [6.45, 7) is 8.20. The summed E-state index contributed by atoms with van der Waals surface area (Å²) in [4.78, 5) is 0.307. The average Bonchev–Trinajstić information content (AvgIpc) is 2.55. The molecule has 0 amide bonds. The zero-order chi connectivity index (χ0) is 17.7. The highest BCUT2D eigenvalue weighted by atomic mass is 32.2. The van der Waals surface area contributed by atoms with Gasteiger partial charge in [0.1, 0.15) is 0 Å². The Bertz CT molecular complexity index is 747. The van der Waals surface area contributed by atoms with E-state index in [0.29, 0.717) is 10.8 Å².